The van der Waals surface area contributed by atoms with Gasteiger partial charge < -0.3 is 5.32 Å². The third-order valence-electron chi connectivity index (χ3n) is 2.20. The Kier molecular flexibility index (Phi) is 4.68. The molecule has 1 aromatic carbocycles. The highest BCUT2D eigenvalue weighted by Crippen LogP contribution is 2.26. The molecule has 1 amide bonds. The van der Waals surface area contributed by atoms with Crippen molar-refractivity contribution in [3.63, 3.8) is 0 Å². The van der Waals surface area contributed by atoms with Crippen molar-refractivity contribution in [1.29, 1.82) is 0 Å². The van der Waals surface area contributed by atoms with Gasteiger partial charge >= 0.3 is 0 Å². The van der Waals surface area contributed by atoms with Crippen molar-refractivity contribution in [2.45, 2.75) is 0 Å². The van der Waals surface area contributed by atoms with Crippen LogP contribution in [0.1, 0.15) is 10.5 Å². The van der Waals surface area contributed by atoms with Gasteiger partial charge in [0.1, 0.15) is 10.8 Å². The summed E-state index contributed by atoms with van der Waals surface area (Å²) in [5, 5.41) is 3.65. The second-order valence-corrected chi connectivity index (χ2v) is 5.60. The largest absolute Gasteiger partial charge is 0.321 e. The lowest BCUT2D eigenvalue weighted by molar-refractivity contribution is 0.102. The van der Waals surface area contributed by atoms with Crippen LogP contribution in [-0.2, 0) is 0 Å². The fourth-order valence-corrected chi connectivity index (χ4v) is 2.18. The molecule has 3 nitrogen and oxygen atoms in total. The van der Waals surface area contributed by atoms with Crippen molar-refractivity contribution in [2.24, 2.45) is 0 Å². The molecule has 0 spiro atoms. The number of amides is 1. The number of aromatic nitrogens is 1. The van der Waals surface area contributed by atoms with E-state index in [1.54, 1.807) is 18.2 Å². The van der Waals surface area contributed by atoms with Crippen molar-refractivity contribution >= 4 is 62.3 Å². The minimum Gasteiger partial charge on any atom is -0.321 e. The van der Waals surface area contributed by atoms with Crippen LogP contribution in [0.3, 0.4) is 0 Å². The van der Waals surface area contributed by atoms with E-state index in [0.29, 0.717) is 15.2 Å². The number of nitrogens with zero attached hydrogens (tertiary/aromatic N) is 1. The summed E-state index contributed by atoms with van der Waals surface area (Å²) in [6.45, 7) is 0. The van der Waals surface area contributed by atoms with E-state index < -0.39 is 5.91 Å². The lowest BCUT2D eigenvalue weighted by Gasteiger charge is -2.07. The van der Waals surface area contributed by atoms with Crippen molar-refractivity contribution in [1.82, 2.24) is 4.98 Å². The molecule has 0 bridgehead atoms. The maximum absolute atomic E-state index is 12.0. The highest BCUT2D eigenvalue weighted by Gasteiger charge is 2.13. The fourth-order valence-electron chi connectivity index (χ4n) is 1.34. The normalized spacial score (nSPS) is 10.3. The Hall–Kier alpha value is -0.810. The molecule has 0 saturated heterocycles. The number of anilines is 1. The number of halogens is 4. The summed E-state index contributed by atoms with van der Waals surface area (Å²) in [6, 6.07) is 8.04. The Balaban J connectivity index is 2.25. The maximum Gasteiger partial charge on any atom is 0.275 e. The first kappa shape index (κ1) is 14.6. The lowest BCUT2D eigenvalue weighted by atomic mass is 10.3. The van der Waals surface area contributed by atoms with E-state index in [2.05, 4.69) is 26.2 Å². The fraction of sp³-hybridized carbons (Fsp3) is 0. The van der Waals surface area contributed by atoms with Gasteiger partial charge in [-0.15, -0.1) is 0 Å². The first-order chi connectivity index (χ1) is 8.97. The number of pyridine rings is 1. The number of carbonyl (C=O) groups excluding carboxylic acids is 1. The van der Waals surface area contributed by atoms with Crippen molar-refractivity contribution in [2.75, 3.05) is 5.32 Å². The van der Waals surface area contributed by atoms with Gasteiger partial charge in [0.05, 0.1) is 10.0 Å². The number of hydrogen-bond donors (Lipinski definition) is 1. The van der Waals surface area contributed by atoms with E-state index >= 15 is 0 Å². The third kappa shape index (κ3) is 3.60. The minimum atomic E-state index is -0.443. The van der Waals surface area contributed by atoms with E-state index in [0.717, 1.165) is 0 Å². The van der Waals surface area contributed by atoms with E-state index in [1.165, 1.54) is 12.1 Å². The topological polar surface area (TPSA) is 42.0 Å². The molecule has 1 N–H and O–H groups in total. The number of hydrogen-bond acceptors (Lipinski definition) is 2. The van der Waals surface area contributed by atoms with Gasteiger partial charge in [-0.3, -0.25) is 4.79 Å². The average Bonchev–Trinajstić information content (AvgIpc) is 2.36. The van der Waals surface area contributed by atoms with Gasteiger partial charge in [0.25, 0.3) is 5.91 Å². The molecule has 0 aliphatic rings. The smallest absolute Gasteiger partial charge is 0.275 e. The molecule has 0 aliphatic carbocycles. The SMILES string of the molecule is O=C(Nc1ccc(Cl)c(Br)c1)c1nc(Cl)ccc1Cl. The Labute approximate surface area is 133 Å². The van der Waals surface area contributed by atoms with Crippen LogP contribution < -0.4 is 5.32 Å². The molecular weight excluding hydrogens is 374 g/mol. The summed E-state index contributed by atoms with van der Waals surface area (Å²) in [5.74, 6) is -0.443. The first-order valence-electron chi connectivity index (χ1n) is 5.06. The van der Waals surface area contributed by atoms with Gasteiger partial charge in [-0.1, -0.05) is 34.8 Å². The Morgan fingerprint density at radius 2 is 1.79 bits per heavy atom. The summed E-state index contributed by atoms with van der Waals surface area (Å²) < 4.78 is 0.678. The summed E-state index contributed by atoms with van der Waals surface area (Å²) in [4.78, 5) is 15.9. The second kappa shape index (κ2) is 6.09. The summed E-state index contributed by atoms with van der Waals surface area (Å²) in [6.07, 6.45) is 0. The van der Waals surface area contributed by atoms with Crippen LogP contribution in [0.4, 0.5) is 5.69 Å². The Morgan fingerprint density at radius 1 is 1.11 bits per heavy atom. The minimum absolute atomic E-state index is 0.0697. The van der Waals surface area contributed by atoms with Crippen molar-refractivity contribution in [3.8, 4) is 0 Å². The van der Waals surface area contributed by atoms with Crippen LogP contribution in [-0.4, -0.2) is 10.9 Å². The van der Waals surface area contributed by atoms with Gasteiger partial charge in [-0.05, 0) is 46.3 Å². The van der Waals surface area contributed by atoms with E-state index in [4.69, 9.17) is 34.8 Å². The predicted octanol–water partition coefficient (Wildman–Crippen LogP) is 5.06. The van der Waals surface area contributed by atoms with Crippen LogP contribution in [0.15, 0.2) is 34.8 Å². The second-order valence-electron chi connectivity index (χ2n) is 3.55. The Bertz CT molecular complexity index is 649. The number of benzene rings is 1. The number of nitrogens with one attached hydrogen (secondary N) is 1. The van der Waals surface area contributed by atoms with Crippen LogP contribution in [0.25, 0.3) is 0 Å². The highest BCUT2D eigenvalue weighted by molar-refractivity contribution is 9.10. The van der Waals surface area contributed by atoms with Crippen LogP contribution in [0.5, 0.6) is 0 Å². The number of rotatable bonds is 2. The number of carbonyl (C=O) groups is 1. The lowest BCUT2D eigenvalue weighted by Crippen LogP contribution is -2.14. The molecule has 98 valence electrons. The molecule has 0 radical (unpaired) electrons. The molecule has 0 aliphatic heterocycles. The van der Waals surface area contributed by atoms with Gasteiger partial charge in [0, 0.05) is 10.2 Å². The average molecular weight is 380 g/mol. The van der Waals surface area contributed by atoms with Crippen LogP contribution in [0.2, 0.25) is 15.2 Å². The molecule has 1 heterocycles. The van der Waals surface area contributed by atoms with Crippen LogP contribution in [0, 0.1) is 0 Å². The molecule has 2 aromatic rings. The molecule has 0 unspecified atom stereocenters. The van der Waals surface area contributed by atoms with E-state index in [1.807, 2.05) is 0 Å². The molecule has 2 rings (SSSR count). The van der Waals surface area contributed by atoms with Crippen LogP contribution >= 0.6 is 50.7 Å². The molecule has 19 heavy (non-hydrogen) atoms. The Morgan fingerprint density at radius 3 is 2.47 bits per heavy atom. The summed E-state index contributed by atoms with van der Waals surface area (Å²) in [7, 11) is 0. The monoisotopic (exact) mass is 378 g/mol. The predicted molar refractivity (Wildman–Crippen MR) is 81.4 cm³/mol. The molecule has 0 saturated carbocycles. The van der Waals surface area contributed by atoms with Gasteiger partial charge in [0.2, 0.25) is 0 Å². The first-order valence-corrected chi connectivity index (χ1v) is 6.98. The molecular formula is C12H6BrCl3N2O. The molecule has 0 atom stereocenters. The van der Waals surface area contributed by atoms with Gasteiger partial charge in [-0.2, -0.15) is 0 Å². The van der Waals surface area contributed by atoms with Gasteiger partial charge in [0.15, 0.2) is 0 Å². The summed E-state index contributed by atoms with van der Waals surface area (Å²) in [5.41, 5.74) is 0.638. The summed E-state index contributed by atoms with van der Waals surface area (Å²) >= 11 is 20.8. The van der Waals surface area contributed by atoms with Crippen molar-refractivity contribution < 1.29 is 4.79 Å². The third-order valence-corrected chi connectivity index (χ3v) is 3.93. The van der Waals surface area contributed by atoms with Gasteiger partial charge in [-0.25, -0.2) is 4.98 Å². The zero-order valence-corrected chi connectivity index (χ0v) is 13.1. The zero-order chi connectivity index (χ0) is 14.0. The maximum atomic E-state index is 12.0. The van der Waals surface area contributed by atoms with E-state index in [9.17, 15) is 4.79 Å². The van der Waals surface area contributed by atoms with Crippen molar-refractivity contribution in [3.05, 3.63) is 55.7 Å². The molecule has 1 aromatic heterocycles. The zero-order valence-electron chi connectivity index (χ0n) is 9.25. The molecule has 7 heteroatoms. The highest BCUT2D eigenvalue weighted by atomic mass is 79.9. The molecule has 0 fully saturated rings. The standard InChI is InChI=1S/C12H6BrCl3N2O/c13-7-5-6(1-2-8(7)14)17-12(19)11-9(15)3-4-10(16)18-11/h1-5H,(H,17,19). The quantitative estimate of drug-likeness (QED) is 0.740. The van der Waals surface area contributed by atoms with E-state index in [-0.39, 0.29) is 15.9 Å².